The monoisotopic (exact) mass is 458 g/mol. The first kappa shape index (κ1) is 21.4. The molecule has 0 bridgehead atoms. The van der Waals surface area contributed by atoms with E-state index in [1.807, 2.05) is 13.0 Å². The number of anilines is 1. The molecule has 0 spiro atoms. The van der Waals surface area contributed by atoms with E-state index in [4.69, 9.17) is 27.5 Å². The number of nitrogens with one attached hydrogen (secondary N) is 1. The highest BCUT2D eigenvalue weighted by Crippen LogP contribution is 2.36. The minimum Gasteiger partial charge on any atom is -0.493 e. The Labute approximate surface area is 177 Å². The summed E-state index contributed by atoms with van der Waals surface area (Å²) in [6, 6.07) is 10.4. The number of carbonyl (C=O) groups excluding carboxylic acids is 1. The van der Waals surface area contributed by atoms with Crippen molar-refractivity contribution in [3.63, 3.8) is 0 Å². The number of methoxy groups -OCH3 is 1. The molecule has 0 unspecified atom stereocenters. The topological polar surface area (TPSA) is 71.3 Å². The van der Waals surface area contributed by atoms with Crippen LogP contribution < -0.4 is 14.8 Å². The fraction of sp³-hybridized carbons (Fsp3) is 0.143. The number of aryl methyl sites for hydroxylation is 1. The molecule has 0 atom stereocenters. The van der Waals surface area contributed by atoms with Gasteiger partial charge in [-0.05, 0) is 42.8 Å². The minimum atomic E-state index is -0.574. The highest BCUT2D eigenvalue weighted by Gasteiger charge is 2.16. The number of benzene rings is 2. The fourth-order valence-electron chi connectivity index (χ4n) is 2.34. The maximum Gasteiger partial charge on any atom is 0.266 e. The molecule has 0 aliphatic heterocycles. The van der Waals surface area contributed by atoms with E-state index in [1.165, 1.54) is 13.2 Å². The first-order chi connectivity index (χ1) is 13.4. The Hall–Kier alpha value is -2.93. The molecule has 1 amide bonds. The molecule has 5 nitrogen and oxygen atoms in total. The summed E-state index contributed by atoms with van der Waals surface area (Å²) in [6.07, 6.45) is 6.68. The maximum absolute atomic E-state index is 12.6. The van der Waals surface area contributed by atoms with Crippen LogP contribution in [0.25, 0.3) is 6.08 Å². The van der Waals surface area contributed by atoms with Gasteiger partial charge < -0.3 is 14.8 Å². The molecule has 0 aliphatic rings. The van der Waals surface area contributed by atoms with Gasteiger partial charge in [-0.3, -0.25) is 4.79 Å². The molecule has 0 radical (unpaired) electrons. The first-order valence-corrected chi connectivity index (χ1v) is 9.19. The zero-order valence-corrected chi connectivity index (χ0v) is 17.5. The van der Waals surface area contributed by atoms with Crippen LogP contribution in [0.4, 0.5) is 5.69 Å². The molecule has 142 valence electrons. The third-order valence-electron chi connectivity index (χ3n) is 3.68. The summed E-state index contributed by atoms with van der Waals surface area (Å²) in [5.74, 6) is 2.55. The number of terminal acetylenes is 1. The Morgan fingerprint density at radius 2 is 2.14 bits per heavy atom. The molecule has 2 aromatic carbocycles. The van der Waals surface area contributed by atoms with E-state index in [-0.39, 0.29) is 12.2 Å². The largest absolute Gasteiger partial charge is 0.493 e. The number of nitriles is 1. The van der Waals surface area contributed by atoms with Crippen molar-refractivity contribution >= 4 is 45.2 Å². The quantitative estimate of drug-likeness (QED) is 0.376. The number of halogens is 2. The summed E-state index contributed by atoms with van der Waals surface area (Å²) < 4.78 is 11.6. The van der Waals surface area contributed by atoms with E-state index in [0.29, 0.717) is 32.2 Å². The van der Waals surface area contributed by atoms with Crippen LogP contribution in [-0.2, 0) is 4.79 Å². The van der Waals surface area contributed by atoms with Crippen LogP contribution in [0.15, 0.2) is 40.4 Å². The third-order valence-corrected chi connectivity index (χ3v) is 4.37. The number of nitrogens with zero attached hydrogens (tertiary/aromatic N) is 1. The van der Waals surface area contributed by atoms with Crippen LogP contribution in [0.1, 0.15) is 11.1 Å². The molecule has 0 saturated heterocycles. The number of hydrogen-bond donors (Lipinski definition) is 1. The Morgan fingerprint density at radius 1 is 1.39 bits per heavy atom. The molecule has 0 heterocycles. The Kier molecular flexibility index (Phi) is 7.52. The van der Waals surface area contributed by atoms with E-state index < -0.39 is 5.91 Å². The highest BCUT2D eigenvalue weighted by atomic mass is 79.9. The van der Waals surface area contributed by atoms with Crippen molar-refractivity contribution in [1.82, 2.24) is 0 Å². The van der Waals surface area contributed by atoms with Gasteiger partial charge >= 0.3 is 0 Å². The number of rotatable bonds is 6. The van der Waals surface area contributed by atoms with Gasteiger partial charge in [0, 0.05) is 20.7 Å². The molecule has 0 aromatic heterocycles. The third kappa shape index (κ3) is 5.29. The number of hydrogen-bond acceptors (Lipinski definition) is 4. The van der Waals surface area contributed by atoms with Gasteiger partial charge in [-0.2, -0.15) is 5.26 Å². The Bertz CT molecular complexity index is 1020. The van der Waals surface area contributed by atoms with Gasteiger partial charge in [0.25, 0.3) is 5.91 Å². The lowest BCUT2D eigenvalue weighted by Crippen LogP contribution is -2.14. The average molecular weight is 460 g/mol. The summed E-state index contributed by atoms with van der Waals surface area (Å²) in [7, 11) is 1.48. The summed E-state index contributed by atoms with van der Waals surface area (Å²) in [4.78, 5) is 12.6. The van der Waals surface area contributed by atoms with Gasteiger partial charge in [0.1, 0.15) is 18.2 Å². The van der Waals surface area contributed by atoms with Gasteiger partial charge in [0.05, 0.1) is 7.11 Å². The predicted molar refractivity (Wildman–Crippen MR) is 113 cm³/mol. The number of amides is 1. The lowest BCUT2D eigenvalue weighted by molar-refractivity contribution is -0.112. The Balaban J connectivity index is 2.44. The van der Waals surface area contributed by atoms with Crippen LogP contribution in [-0.4, -0.2) is 19.6 Å². The molecule has 0 aliphatic carbocycles. The van der Waals surface area contributed by atoms with Crippen molar-refractivity contribution in [2.24, 2.45) is 0 Å². The van der Waals surface area contributed by atoms with Crippen LogP contribution in [0.2, 0.25) is 5.02 Å². The second kappa shape index (κ2) is 9.85. The summed E-state index contributed by atoms with van der Waals surface area (Å²) in [5.41, 5.74) is 1.69. The molecule has 2 aromatic rings. The molecule has 28 heavy (non-hydrogen) atoms. The lowest BCUT2D eigenvalue weighted by atomic mass is 10.1. The highest BCUT2D eigenvalue weighted by molar-refractivity contribution is 9.10. The van der Waals surface area contributed by atoms with Crippen LogP contribution >= 0.6 is 27.5 Å². The maximum atomic E-state index is 12.6. The smallest absolute Gasteiger partial charge is 0.266 e. The van der Waals surface area contributed by atoms with Gasteiger partial charge in [-0.25, -0.2) is 0 Å². The van der Waals surface area contributed by atoms with E-state index in [0.717, 1.165) is 5.56 Å². The Morgan fingerprint density at radius 3 is 2.79 bits per heavy atom. The summed E-state index contributed by atoms with van der Waals surface area (Å²) in [6.45, 7) is 1.83. The fourth-order valence-corrected chi connectivity index (χ4v) is 2.97. The van der Waals surface area contributed by atoms with E-state index in [2.05, 4.69) is 27.2 Å². The van der Waals surface area contributed by atoms with Gasteiger partial charge in [0.2, 0.25) is 0 Å². The van der Waals surface area contributed by atoms with Crippen molar-refractivity contribution in [2.75, 3.05) is 19.0 Å². The van der Waals surface area contributed by atoms with Crippen molar-refractivity contribution < 1.29 is 14.3 Å². The predicted octanol–water partition coefficient (Wildman–Crippen LogP) is 4.98. The summed E-state index contributed by atoms with van der Waals surface area (Å²) in [5, 5.41) is 12.7. The van der Waals surface area contributed by atoms with Crippen molar-refractivity contribution in [3.05, 3.63) is 56.5 Å². The second-order valence-corrected chi connectivity index (χ2v) is 6.95. The van der Waals surface area contributed by atoms with E-state index >= 15 is 0 Å². The molecule has 2 rings (SSSR count). The second-order valence-electron chi connectivity index (χ2n) is 5.60. The van der Waals surface area contributed by atoms with Gasteiger partial charge in [-0.15, -0.1) is 6.42 Å². The van der Waals surface area contributed by atoms with E-state index in [9.17, 15) is 10.1 Å². The standard InChI is InChI=1S/C21H16BrClN2O3/c1-4-7-28-20-14(9-16(22)10-19(20)27-3)8-15(12-24)21(26)25-18-11-17(23)6-5-13(18)2/h1,5-6,8-11H,7H2,2-3H3,(H,25,26)/b15-8+. The number of carbonyl (C=O) groups is 1. The molecule has 7 heteroatoms. The van der Waals surface area contributed by atoms with Crippen LogP contribution in [0.3, 0.4) is 0 Å². The van der Waals surface area contributed by atoms with Crippen molar-refractivity contribution in [3.8, 4) is 29.9 Å². The molecular weight excluding hydrogens is 444 g/mol. The van der Waals surface area contributed by atoms with Gasteiger partial charge in [0.15, 0.2) is 11.5 Å². The zero-order chi connectivity index (χ0) is 20.7. The average Bonchev–Trinajstić information content (AvgIpc) is 2.67. The van der Waals surface area contributed by atoms with Crippen LogP contribution in [0.5, 0.6) is 11.5 Å². The SMILES string of the molecule is C#CCOc1c(/C=C(\C#N)C(=O)Nc2cc(Cl)ccc2C)cc(Br)cc1OC. The van der Waals surface area contributed by atoms with Crippen LogP contribution in [0, 0.1) is 30.6 Å². The minimum absolute atomic E-state index is 0.00856. The summed E-state index contributed by atoms with van der Waals surface area (Å²) >= 11 is 9.35. The zero-order valence-electron chi connectivity index (χ0n) is 15.2. The number of ether oxygens (including phenoxy) is 2. The van der Waals surface area contributed by atoms with E-state index in [1.54, 1.807) is 30.3 Å². The lowest BCUT2D eigenvalue weighted by Gasteiger charge is -2.13. The molecule has 1 N–H and O–H groups in total. The van der Waals surface area contributed by atoms with Gasteiger partial charge in [-0.1, -0.05) is 39.5 Å². The van der Waals surface area contributed by atoms with Crippen molar-refractivity contribution in [2.45, 2.75) is 6.92 Å². The normalized spacial score (nSPS) is 10.6. The van der Waals surface area contributed by atoms with Crippen molar-refractivity contribution in [1.29, 1.82) is 5.26 Å². The molecule has 0 saturated carbocycles. The molecular formula is C21H16BrClN2O3. The first-order valence-electron chi connectivity index (χ1n) is 8.02. The molecule has 0 fully saturated rings.